The molecular formula is C17H21FN2. The van der Waals surface area contributed by atoms with Crippen LogP contribution < -0.4 is 5.32 Å². The van der Waals surface area contributed by atoms with Crippen LogP contribution in [-0.4, -0.2) is 17.1 Å². The lowest BCUT2D eigenvalue weighted by atomic mass is 10.1. The van der Waals surface area contributed by atoms with E-state index in [0.29, 0.717) is 0 Å². The summed E-state index contributed by atoms with van der Waals surface area (Å²) in [5.74, 6) is -0.223. The molecule has 20 heavy (non-hydrogen) atoms. The molecule has 0 bridgehead atoms. The van der Waals surface area contributed by atoms with Crippen molar-refractivity contribution in [2.75, 3.05) is 6.54 Å². The van der Waals surface area contributed by atoms with E-state index < -0.39 is 0 Å². The molecule has 1 aromatic carbocycles. The molecule has 0 atom stereocenters. The highest BCUT2D eigenvalue weighted by Gasteiger charge is 2.08. The first-order valence-electron chi connectivity index (χ1n) is 6.91. The van der Waals surface area contributed by atoms with Gasteiger partial charge in [-0.3, -0.25) is 4.98 Å². The number of benzene rings is 1. The van der Waals surface area contributed by atoms with Gasteiger partial charge in [-0.1, -0.05) is 6.07 Å². The Kier molecular flexibility index (Phi) is 4.50. The summed E-state index contributed by atoms with van der Waals surface area (Å²) in [7, 11) is 0. The van der Waals surface area contributed by atoms with Crippen LogP contribution in [0.15, 0.2) is 42.5 Å². The van der Waals surface area contributed by atoms with E-state index in [1.807, 2.05) is 18.2 Å². The van der Waals surface area contributed by atoms with Crippen LogP contribution in [0.2, 0.25) is 0 Å². The quantitative estimate of drug-likeness (QED) is 0.915. The maximum Gasteiger partial charge on any atom is 0.123 e. The third-order valence-electron chi connectivity index (χ3n) is 2.98. The Morgan fingerprint density at radius 2 is 1.75 bits per heavy atom. The van der Waals surface area contributed by atoms with Crippen molar-refractivity contribution >= 4 is 0 Å². The molecule has 1 N–H and O–H groups in total. The fourth-order valence-electron chi connectivity index (χ4n) is 1.97. The van der Waals surface area contributed by atoms with Crippen LogP contribution in [0.1, 0.15) is 26.5 Å². The van der Waals surface area contributed by atoms with Gasteiger partial charge in [-0.05, 0) is 57.2 Å². The van der Waals surface area contributed by atoms with Gasteiger partial charge in [-0.25, -0.2) is 4.39 Å². The van der Waals surface area contributed by atoms with Crippen molar-refractivity contribution in [3.63, 3.8) is 0 Å². The molecule has 0 spiro atoms. The highest BCUT2D eigenvalue weighted by atomic mass is 19.1. The van der Waals surface area contributed by atoms with Gasteiger partial charge in [0, 0.05) is 29.8 Å². The van der Waals surface area contributed by atoms with Gasteiger partial charge in [0.25, 0.3) is 0 Å². The zero-order valence-electron chi connectivity index (χ0n) is 12.3. The number of aromatic nitrogens is 1. The molecule has 2 nitrogen and oxygen atoms in total. The summed E-state index contributed by atoms with van der Waals surface area (Å²) in [5, 5.41) is 3.45. The predicted molar refractivity (Wildman–Crippen MR) is 81.1 cm³/mol. The first-order valence-corrected chi connectivity index (χ1v) is 6.91. The smallest absolute Gasteiger partial charge is 0.123 e. The predicted octanol–water partition coefficient (Wildman–Crippen LogP) is 3.82. The van der Waals surface area contributed by atoms with Gasteiger partial charge in [-0.2, -0.15) is 0 Å². The highest BCUT2D eigenvalue weighted by Crippen LogP contribution is 2.17. The molecule has 0 aliphatic heterocycles. The minimum Gasteiger partial charge on any atom is -0.312 e. The van der Waals surface area contributed by atoms with Crippen LogP contribution in [0.4, 0.5) is 4.39 Å². The van der Waals surface area contributed by atoms with E-state index in [4.69, 9.17) is 0 Å². The van der Waals surface area contributed by atoms with Crippen molar-refractivity contribution < 1.29 is 4.39 Å². The molecule has 3 heteroatoms. The summed E-state index contributed by atoms with van der Waals surface area (Å²) in [4.78, 5) is 4.63. The monoisotopic (exact) mass is 272 g/mol. The lowest BCUT2D eigenvalue weighted by Gasteiger charge is -2.20. The number of halogens is 1. The van der Waals surface area contributed by atoms with Crippen LogP contribution >= 0.6 is 0 Å². The molecule has 0 saturated heterocycles. The van der Waals surface area contributed by atoms with Crippen molar-refractivity contribution in [2.24, 2.45) is 0 Å². The molecule has 0 amide bonds. The minimum absolute atomic E-state index is 0.120. The lowest BCUT2D eigenvalue weighted by molar-refractivity contribution is 0.428. The summed E-state index contributed by atoms with van der Waals surface area (Å²) in [5.41, 5.74) is 2.99. The van der Waals surface area contributed by atoms with Gasteiger partial charge in [0.2, 0.25) is 0 Å². The number of nitrogens with zero attached hydrogens (tertiary/aromatic N) is 1. The Hall–Kier alpha value is -1.74. The van der Waals surface area contributed by atoms with Crippen LogP contribution in [0.3, 0.4) is 0 Å². The molecular weight excluding hydrogens is 251 g/mol. The van der Waals surface area contributed by atoms with Gasteiger partial charge in [0.05, 0.1) is 5.69 Å². The van der Waals surface area contributed by atoms with E-state index in [9.17, 15) is 4.39 Å². The average Bonchev–Trinajstić information content (AvgIpc) is 2.38. The standard InChI is InChI=1S/C17H21FN2/c1-17(2,3)19-12-11-15-5-4-6-16(20-15)13-7-9-14(18)10-8-13/h4-10,19H,11-12H2,1-3H3. The Bertz CT molecular complexity index is 556. The summed E-state index contributed by atoms with van der Waals surface area (Å²) in [6, 6.07) is 12.4. The first kappa shape index (κ1) is 14.7. The molecule has 106 valence electrons. The molecule has 0 aliphatic rings. The SMILES string of the molecule is CC(C)(C)NCCc1cccc(-c2ccc(F)cc2)n1. The van der Waals surface area contributed by atoms with Crippen molar-refractivity contribution in [1.82, 2.24) is 10.3 Å². The average molecular weight is 272 g/mol. The second-order valence-corrected chi connectivity index (χ2v) is 5.95. The third kappa shape index (κ3) is 4.42. The van der Waals surface area contributed by atoms with Crippen molar-refractivity contribution in [3.05, 3.63) is 54.0 Å². The second kappa shape index (κ2) is 6.14. The highest BCUT2D eigenvalue weighted by molar-refractivity contribution is 5.58. The normalized spacial score (nSPS) is 11.6. The molecule has 0 aliphatic carbocycles. The molecule has 0 fully saturated rings. The number of rotatable bonds is 4. The molecule has 2 rings (SSSR count). The topological polar surface area (TPSA) is 24.9 Å². The molecule has 2 aromatic rings. The Labute approximate surface area is 120 Å². The fourth-order valence-corrected chi connectivity index (χ4v) is 1.97. The summed E-state index contributed by atoms with van der Waals surface area (Å²) < 4.78 is 12.9. The molecule has 0 saturated carbocycles. The van der Waals surface area contributed by atoms with E-state index in [-0.39, 0.29) is 11.4 Å². The van der Waals surface area contributed by atoms with Crippen LogP contribution in [-0.2, 0) is 6.42 Å². The van der Waals surface area contributed by atoms with Gasteiger partial charge >= 0.3 is 0 Å². The number of hydrogen-bond donors (Lipinski definition) is 1. The minimum atomic E-state index is -0.223. The number of nitrogens with one attached hydrogen (secondary N) is 1. The Morgan fingerprint density at radius 3 is 2.40 bits per heavy atom. The van der Waals surface area contributed by atoms with Gasteiger partial charge in [-0.15, -0.1) is 0 Å². The fraction of sp³-hybridized carbons (Fsp3) is 0.353. The maximum atomic E-state index is 12.9. The molecule has 1 heterocycles. The summed E-state index contributed by atoms with van der Waals surface area (Å²) >= 11 is 0. The lowest BCUT2D eigenvalue weighted by Crippen LogP contribution is -2.37. The largest absolute Gasteiger partial charge is 0.312 e. The van der Waals surface area contributed by atoms with E-state index in [1.165, 1.54) is 12.1 Å². The second-order valence-electron chi connectivity index (χ2n) is 5.95. The zero-order valence-corrected chi connectivity index (χ0v) is 12.3. The first-order chi connectivity index (χ1) is 9.44. The van der Waals surface area contributed by atoms with E-state index >= 15 is 0 Å². The summed E-state index contributed by atoms with van der Waals surface area (Å²) in [6.45, 7) is 7.34. The van der Waals surface area contributed by atoms with E-state index in [2.05, 4.69) is 31.1 Å². The molecule has 0 radical (unpaired) electrons. The van der Waals surface area contributed by atoms with Crippen LogP contribution in [0.25, 0.3) is 11.3 Å². The van der Waals surface area contributed by atoms with Crippen LogP contribution in [0, 0.1) is 5.82 Å². The van der Waals surface area contributed by atoms with Crippen molar-refractivity contribution in [3.8, 4) is 11.3 Å². The van der Waals surface area contributed by atoms with Crippen molar-refractivity contribution in [1.29, 1.82) is 0 Å². The third-order valence-corrected chi connectivity index (χ3v) is 2.98. The Morgan fingerprint density at radius 1 is 1.05 bits per heavy atom. The van der Waals surface area contributed by atoms with Gasteiger partial charge < -0.3 is 5.32 Å². The van der Waals surface area contributed by atoms with E-state index in [1.54, 1.807) is 12.1 Å². The van der Waals surface area contributed by atoms with Crippen LogP contribution in [0.5, 0.6) is 0 Å². The zero-order chi connectivity index (χ0) is 14.6. The Balaban J connectivity index is 2.06. The number of pyridine rings is 1. The van der Waals surface area contributed by atoms with Gasteiger partial charge in [0.1, 0.15) is 5.82 Å². The van der Waals surface area contributed by atoms with Crippen molar-refractivity contribution in [2.45, 2.75) is 32.7 Å². The molecule has 0 unspecified atom stereocenters. The number of hydrogen-bond acceptors (Lipinski definition) is 2. The van der Waals surface area contributed by atoms with Gasteiger partial charge in [0.15, 0.2) is 0 Å². The maximum absolute atomic E-state index is 12.9. The summed E-state index contributed by atoms with van der Waals surface area (Å²) in [6.07, 6.45) is 0.881. The molecule has 1 aromatic heterocycles. The van der Waals surface area contributed by atoms with E-state index in [0.717, 1.165) is 29.9 Å².